The highest BCUT2D eigenvalue weighted by molar-refractivity contribution is 6.01. The number of fused-ring (bicyclic) bond motifs is 1. The van der Waals surface area contributed by atoms with Crippen LogP contribution in [0.3, 0.4) is 0 Å². The summed E-state index contributed by atoms with van der Waals surface area (Å²) >= 11 is 0. The first-order valence-corrected chi connectivity index (χ1v) is 18.8. The summed E-state index contributed by atoms with van der Waals surface area (Å²) in [7, 11) is 3.25. The average molecular weight is 822 g/mol. The molecule has 308 valence electrons. The predicted octanol–water partition coefficient (Wildman–Crippen LogP) is 7.03. The van der Waals surface area contributed by atoms with Gasteiger partial charge in [0, 0.05) is 12.1 Å². The van der Waals surface area contributed by atoms with E-state index in [4.69, 9.17) is 18.9 Å². The number of aromatic nitrogens is 6. The normalized spacial score (nSPS) is 11.2. The number of nitrogens with zero attached hydrogens (tertiary/aromatic N) is 5. The monoisotopic (exact) mass is 821 g/mol. The first kappa shape index (κ1) is 43.6. The number of H-pyrrole nitrogens is 1. The van der Waals surface area contributed by atoms with Gasteiger partial charge in [0.1, 0.15) is 18.5 Å². The number of methoxy groups -OCH3 is 2. The summed E-state index contributed by atoms with van der Waals surface area (Å²) in [5, 5.41) is 37.3. The van der Waals surface area contributed by atoms with Gasteiger partial charge in [-0.1, -0.05) is 72.8 Å². The molecule has 1 atom stereocenters. The van der Waals surface area contributed by atoms with Crippen molar-refractivity contribution >= 4 is 29.4 Å². The fourth-order valence-corrected chi connectivity index (χ4v) is 6.39. The number of benzene rings is 5. The molecule has 1 unspecified atom stereocenters. The lowest BCUT2D eigenvalue weighted by Crippen LogP contribution is -2.32. The molecule has 2 aromatic heterocycles. The van der Waals surface area contributed by atoms with Crippen LogP contribution in [0.2, 0.25) is 0 Å². The van der Waals surface area contributed by atoms with Gasteiger partial charge in [0.15, 0.2) is 11.5 Å². The van der Waals surface area contributed by atoms with Crippen LogP contribution in [0.4, 0.5) is 0 Å². The van der Waals surface area contributed by atoms with Gasteiger partial charge in [-0.2, -0.15) is 10.2 Å². The van der Waals surface area contributed by atoms with Crippen LogP contribution < -0.4 is 24.3 Å². The maximum Gasteiger partial charge on any atom is 0.337 e. The van der Waals surface area contributed by atoms with Crippen molar-refractivity contribution in [2.45, 2.75) is 32.9 Å². The van der Waals surface area contributed by atoms with Crippen LogP contribution in [0, 0.1) is 6.92 Å². The Bertz CT molecular complexity index is 2410. The number of ether oxygens (including phenoxy) is 4. The van der Waals surface area contributed by atoms with E-state index in [0.717, 1.165) is 63.6 Å². The van der Waals surface area contributed by atoms with E-state index in [9.17, 15) is 15.0 Å². The Morgan fingerprint density at radius 2 is 1.61 bits per heavy atom. The quantitative estimate of drug-likeness (QED) is 0.0691. The maximum atomic E-state index is 11.8. The van der Waals surface area contributed by atoms with E-state index in [2.05, 4.69) is 30.9 Å². The van der Waals surface area contributed by atoms with Crippen LogP contribution in [-0.4, -0.2) is 93.0 Å². The first-order chi connectivity index (χ1) is 28.3. The van der Waals surface area contributed by atoms with Gasteiger partial charge < -0.3 is 34.5 Å². The molecule has 4 N–H and O–H groups in total. The van der Waals surface area contributed by atoms with Crippen LogP contribution in [0.1, 0.15) is 34.0 Å². The summed E-state index contributed by atoms with van der Waals surface area (Å²) in [4.78, 5) is 16.3. The van der Waals surface area contributed by atoms with Gasteiger partial charge in [0.2, 0.25) is 5.82 Å². The van der Waals surface area contributed by atoms with Crippen LogP contribution in [-0.2, 0) is 13.0 Å². The molecule has 0 aliphatic carbocycles. The van der Waals surface area contributed by atoms with Crippen molar-refractivity contribution in [3.63, 3.8) is 0 Å². The van der Waals surface area contributed by atoms with Crippen molar-refractivity contribution in [1.29, 1.82) is 0 Å². The number of tetrazole rings is 1. The summed E-state index contributed by atoms with van der Waals surface area (Å²) in [6.07, 6.45) is 0.289. The Kier molecular flexibility index (Phi) is 15.8. The van der Waals surface area contributed by atoms with Crippen LogP contribution in [0.15, 0.2) is 109 Å². The number of halogens is 1. The minimum absolute atomic E-state index is 0. The number of aliphatic hydroxyl groups excluding tert-OH is 1. The smallest absolute Gasteiger partial charge is 0.337 e. The largest absolute Gasteiger partial charge is 0.493 e. The summed E-state index contributed by atoms with van der Waals surface area (Å²) in [5.74, 6) is 1.76. The van der Waals surface area contributed by atoms with Gasteiger partial charge in [-0.3, -0.25) is 4.57 Å². The third-order valence-corrected chi connectivity index (χ3v) is 9.20. The first-order valence-electron chi connectivity index (χ1n) is 18.8. The fraction of sp³-hybridized carbons (Fsp3) is 0.250. The standard InChI is InChI=1S/C24H20N6O3.C20H27NO4.ClH/c1-2-33-24-25-20-9-5-8-19(23(31)32)21(20)30(24)14-15-10-12-16(13-11-15)17-6-3-4-7-18(17)22-26-28-29-27-22;1-15-5-4-6-18(11-15)25-14-17(22)13-21-10-9-16-7-8-19(23-2)20(12-16)24-3;/h3-13H,2,14H2,1H3,(H,31,32)(H,26,27,28,29);4-8,11-12,17,21-22H,9-10,13-14H2,1-3H3;1H. The van der Waals surface area contributed by atoms with E-state index in [1.165, 1.54) is 0 Å². The molecule has 0 spiro atoms. The van der Waals surface area contributed by atoms with Gasteiger partial charge in [-0.15, -0.1) is 22.6 Å². The molecule has 7 rings (SSSR count). The molecule has 0 saturated carbocycles. The third-order valence-electron chi connectivity index (χ3n) is 9.20. The number of hydrogen-bond acceptors (Lipinski definition) is 11. The number of hydrogen-bond donors (Lipinski definition) is 4. The lowest BCUT2D eigenvalue weighted by atomic mass is 9.98. The number of carboxylic acids is 1. The maximum absolute atomic E-state index is 11.8. The number of carboxylic acid groups (broad SMARTS) is 1. The van der Waals surface area contributed by atoms with Crippen LogP contribution >= 0.6 is 12.4 Å². The zero-order chi connectivity index (χ0) is 40.9. The summed E-state index contributed by atoms with van der Waals surface area (Å²) in [6, 6.07) is 35.1. The molecule has 0 radical (unpaired) electrons. The number of aromatic amines is 1. The zero-order valence-electron chi connectivity index (χ0n) is 33.3. The molecule has 7 aromatic rings. The molecule has 0 aliphatic rings. The minimum Gasteiger partial charge on any atom is -0.493 e. The van der Waals surface area contributed by atoms with Gasteiger partial charge in [-0.05, 0) is 96.2 Å². The number of aliphatic hydroxyl groups is 1. The van der Waals surface area contributed by atoms with E-state index >= 15 is 0 Å². The summed E-state index contributed by atoms with van der Waals surface area (Å²) in [6.45, 7) is 6.25. The van der Waals surface area contributed by atoms with E-state index < -0.39 is 12.1 Å². The molecule has 2 heterocycles. The number of para-hydroxylation sites is 1. The van der Waals surface area contributed by atoms with Gasteiger partial charge in [0.25, 0.3) is 6.01 Å². The number of carbonyl (C=O) groups is 1. The molecule has 59 heavy (non-hydrogen) atoms. The van der Waals surface area contributed by atoms with Crippen molar-refractivity contribution in [3.05, 3.63) is 131 Å². The molecule has 0 saturated heterocycles. The van der Waals surface area contributed by atoms with Crippen LogP contribution in [0.5, 0.6) is 23.3 Å². The van der Waals surface area contributed by atoms with Crippen molar-refractivity contribution in [1.82, 2.24) is 35.5 Å². The van der Waals surface area contributed by atoms with Crippen molar-refractivity contribution < 1.29 is 34.0 Å². The van der Waals surface area contributed by atoms with Gasteiger partial charge >= 0.3 is 5.97 Å². The average Bonchev–Trinajstić information content (AvgIpc) is 3.91. The van der Waals surface area contributed by atoms with E-state index in [0.29, 0.717) is 42.6 Å². The zero-order valence-corrected chi connectivity index (χ0v) is 34.1. The molecule has 14 nitrogen and oxygen atoms in total. The second-order valence-corrected chi connectivity index (χ2v) is 13.3. The second kappa shape index (κ2) is 21.3. The molecule has 0 amide bonds. The lowest BCUT2D eigenvalue weighted by molar-refractivity contribution is 0.0698. The Hall–Kier alpha value is -6.48. The molecule has 15 heteroatoms. The number of rotatable bonds is 17. The van der Waals surface area contributed by atoms with Gasteiger partial charge in [0.05, 0.1) is 44.0 Å². The van der Waals surface area contributed by atoms with Gasteiger partial charge in [-0.25, -0.2) is 4.79 Å². The molecule has 0 bridgehead atoms. The number of nitrogens with one attached hydrogen (secondary N) is 2. The Morgan fingerprint density at radius 1 is 0.864 bits per heavy atom. The third kappa shape index (κ3) is 11.3. The predicted molar refractivity (Wildman–Crippen MR) is 228 cm³/mol. The fourth-order valence-electron chi connectivity index (χ4n) is 6.39. The van der Waals surface area contributed by atoms with Crippen LogP contribution in [0.25, 0.3) is 33.5 Å². The Morgan fingerprint density at radius 3 is 2.31 bits per heavy atom. The van der Waals surface area contributed by atoms with Crippen molar-refractivity contribution in [3.8, 4) is 45.8 Å². The topological polar surface area (TPSA) is 179 Å². The van der Waals surface area contributed by atoms with Crippen molar-refractivity contribution in [2.24, 2.45) is 0 Å². The molecular weight excluding hydrogens is 774 g/mol. The summed E-state index contributed by atoms with van der Waals surface area (Å²) < 4.78 is 23.7. The highest BCUT2D eigenvalue weighted by Crippen LogP contribution is 2.31. The van der Waals surface area contributed by atoms with E-state index in [1.54, 1.807) is 32.4 Å². The molecule has 0 fully saturated rings. The number of imidazole rings is 1. The highest BCUT2D eigenvalue weighted by atomic mass is 35.5. The second-order valence-electron chi connectivity index (χ2n) is 13.3. The Balaban J connectivity index is 0.000000230. The number of aromatic carboxylic acids is 1. The minimum atomic E-state index is -1.00. The van der Waals surface area contributed by atoms with E-state index in [1.807, 2.05) is 109 Å². The molecule has 5 aromatic carbocycles. The molecular formula is C44H48ClN7O7. The SMILES string of the molecule is CCOc1nc2cccc(C(=O)O)c2n1Cc1ccc(-c2ccccc2-c2nn[nH]n2)cc1.COc1ccc(CCNCC(O)COc2cccc(C)c2)cc1OC.Cl. The Labute approximate surface area is 348 Å². The highest BCUT2D eigenvalue weighted by Gasteiger charge is 2.19. The van der Waals surface area contributed by atoms with E-state index in [-0.39, 0.29) is 24.6 Å². The lowest BCUT2D eigenvalue weighted by Gasteiger charge is -2.14. The summed E-state index contributed by atoms with van der Waals surface area (Å²) in [5.41, 5.74) is 7.46. The molecule has 0 aliphatic heterocycles. The number of aryl methyl sites for hydroxylation is 1. The van der Waals surface area contributed by atoms with Crippen molar-refractivity contribution in [2.75, 3.05) is 40.5 Å².